The number of anilines is 1. The van der Waals surface area contributed by atoms with Gasteiger partial charge in [-0.15, -0.1) is 11.3 Å². The first kappa shape index (κ1) is 17.7. The number of carbonyl (C=O) groups excluding carboxylic acids is 1. The molecule has 0 aliphatic carbocycles. The molecule has 1 N–H and O–H groups in total. The molecule has 5 nitrogen and oxygen atoms in total. The third-order valence-electron chi connectivity index (χ3n) is 3.51. The monoisotopic (exact) mass is 466 g/mol. The van der Waals surface area contributed by atoms with E-state index in [1.54, 1.807) is 25.3 Å². The summed E-state index contributed by atoms with van der Waals surface area (Å²) in [5.74, 6) is 0.840. The Morgan fingerprint density at radius 3 is 2.48 bits per heavy atom. The third kappa shape index (κ3) is 4.10. The fourth-order valence-corrected chi connectivity index (χ4v) is 3.31. The maximum Gasteiger partial charge on any atom is 0.257 e. The zero-order chi connectivity index (χ0) is 17.8. The highest BCUT2D eigenvalue weighted by molar-refractivity contribution is 14.1. The second-order valence-corrected chi connectivity index (χ2v) is 7.17. The number of amides is 1. The molecule has 7 heteroatoms. The van der Waals surface area contributed by atoms with E-state index in [-0.39, 0.29) is 5.91 Å². The van der Waals surface area contributed by atoms with Crippen molar-refractivity contribution in [3.63, 3.8) is 0 Å². The number of thiazole rings is 1. The highest BCUT2D eigenvalue weighted by Gasteiger charge is 2.13. The Morgan fingerprint density at radius 1 is 1.08 bits per heavy atom. The van der Waals surface area contributed by atoms with E-state index >= 15 is 0 Å². The molecule has 0 saturated heterocycles. The zero-order valence-corrected chi connectivity index (χ0v) is 16.6. The summed E-state index contributed by atoms with van der Waals surface area (Å²) in [5.41, 5.74) is 2.33. The van der Waals surface area contributed by atoms with Crippen LogP contribution in [0.15, 0.2) is 47.8 Å². The van der Waals surface area contributed by atoms with Crippen LogP contribution < -0.4 is 14.8 Å². The van der Waals surface area contributed by atoms with Crippen molar-refractivity contribution in [2.24, 2.45) is 0 Å². The van der Waals surface area contributed by atoms with Gasteiger partial charge in [0.05, 0.1) is 19.9 Å². The van der Waals surface area contributed by atoms with Crippen LogP contribution in [0.4, 0.5) is 5.13 Å². The van der Waals surface area contributed by atoms with Crippen LogP contribution >= 0.6 is 33.9 Å². The van der Waals surface area contributed by atoms with Crippen molar-refractivity contribution in [3.05, 3.63) is 57.0 Å². The Kier molecular flexibility index (Phi) is 5.54. The fourth-order valence-electron chi connectivity index (χ4n) is 2.23. The topological polar surface area (TPSA) is 60.5 Å². The number of carbonyl (C=O) groups is 1. The largest absolute Gasteiger partial charge is 0.493 e. The van der Waals surface area contributed by atoms with Crippen LogP contribution in [0.5, 0.6) is 11.5 Å². The van der Waals surface area contributed by atoms with Gasteiger partial charge in [0, 0.05) is 20.1 Å². The SMILES string of the molecule is COc1ccc(C(=O)Nc2nc(-c3ccc(I)cc3)cs2)cc1OC. The van der Waals surface area contributed by atoms with Crippen LogP contribution in [0.25, 0.3) is 11.3 Å². The number of rotatable bonds is 5. The van der Waals surface area contributed by atoms with Crippen molar-refractivity contribution < 1.29 is 14.3 Å². The molecule has 0 fully saturated rings. The van der Waals surface area contributed by atoms with E-state index < -0.39 is 0 Å². The maximum absolute atomic E-state index is 12.4. The van der Waals surface area contributed by atoms with Crippen molar-refractivity contribution in [3.8, 4) is 22.8 Å². The lowest BCUT2D eigenvalue weighted by molar-refractivity contribution is 0.102. The van der Waals surface area contributed by atoms with Gasteiger partial charge in [-0.1, -0.05) is 12.1 Å². The number of nitrogens with one attached hydrogen (secondary N) is 1. The summed E-state index contributed by atoms with van der Waals surface area (Å²) in [7, 11) is 3.09. The second kappa shape index (κ2) is 7.83. The maximum atomic E-state index is 12.4. The van der Waals surface area contributed by atoms with Gasteiger partial charge in [-0.3, -0.25) is 10.1 Å². The van der Waals surface area contributed by atoms with Crippen LogP contribution in [0.1, 0.15) is 10.4 Å². The molecule has 0 atom stereocenters. The smallest absolute Gasteiger partial charge is 0.257 e. The molecule has 2 aromatic carbocycles. The molecule has 1 heterocycles. The molecular formula is C18H15IN2O3S. The van der Waals surface area contributed by atoms with Crippen molar-refractivity contribution in [2.45, 2.75) is 0 Å². The number of ether oxygens (including phenoxy) is 2. The first-order valence-corrected chi connectivity index (χ1v) is 9.31. The van der Waals surface area contributed by atoms with Crippen molar-refractivity contribution in [2.75, 3.05) is 19.5 Å². The minimum atomic E-state index is -0.246. The number of hydrogen-bond donors (Lipinski definition) is 1. The molecule has 0 aliphatic rings. The number of halogens is 1. The van der Waals surface area contributed by atoms with Gasteiger partial charge in [0.15, 0.2) is 16.6 Å². The molecule has 1 amide bonds. The molecule has 0 bridgehead atoms. The van der Waals surface area contributed by atoms with Crippen molar-refractivity contribution in [1.82, 2.24) is 4.98 Å². The van der Waals surface area contributed by atoms with Crippen LogP contribution in [0.2, 0.25) is 0 Å². The van der Waals surface area contributed by atoms with E-state index in [0.29, 0.717) is 22.2 Å². The molecule has 1 aromatic heterocycles. The normalized spacial score (nSPS) is 10.4. The summed E-state index contributed by atoms with van der Waals surface area (Å²) in [5, 5.41) is 5.29. The molecule has 3 rings (SSSR count). The van der Waals surface area contributed by atoms with Crippen molar-refractivity contribution >= 4 is 45.0 Å². The molecule has 3 aromatic rings. The first-order chi connectivity index (χ1) is 12.1. The summed E-state index contributed by atoms with van der Waals surface area (Å²) in [6.07, 6.45) is 0. The van der Waals surface area contributed by atoms with Crippen molar-refractivity contribution in [1.29, 1.82) is 0 Å². The Bertz CT molecular complexity index is 894. The van der Waals surface area contributed by atoms with Crippen LogP contribution in [-0.2, 0) is 0 Å². The molecule has 0 saturated carbocycles. The average Bonchev–Trinajstić information content (AvgIpc) is 3.10. The molecule has 0 unspecified atom stereocenters. The zero-order valence-electron chi connectivity index (χ0n) is 13.6. The van der Waals surface area contributed by atoms with Gasteiger partial charge in [-0.25, -0.2) is 4.98 Å². The van der Waals surface area contributed by atoms with Gasteiger partial charge in [0.1, 0.15) is 0 Å². The lowest BCUT2D eigenvalue weighted by Crippen LogP contribution is -2.11. The van der Waals surface area contributed by atoms with Gasteiger partial charge in [-0.05, 0) is 52.9 Å². The molecular weight excluding hydrogens is 451 g/mol. The minimum Gasteiger partial charge on any atom is -0.493 e. The van der Waals surface area contributed by atoms with Gasteiger partial charge in [-0.2, -0.15) is 0 Å². The summed E-state index contributed by atoms with van der Waals surface area (Å²) < 4.78 is 11.6. The fraction of sp³-hybridized carbons (Fsp3) is 0.111. The number of aromatic nitrogens is 1. The molecule has 128 valence electrons. The Hall–Kier alpha value is -2.13. The summed E-state index contributed by atoms with van der Waals surface area (Å²) in [6, 6.07) is 13.1. The lowest BCUT2D eigenvalue weighted by atomic mass is 10.2. The Morgan fingerprint density at radius 2 is 1.80 bits per heavy atom. The average molecular weight is 466 g/mol. The van der Waals surface area contributed by atoms with E-state index in [9.17, 15) is 4.79 Å². The highest BCUT2D eigenvalue weighted by atomic mass is 127. The van der Waals surface area contributed by atoms with Gasteiger partial charge in [0.2, 0.25) is 0 Å². The molecule has 25 heavy (non-hydrogen) atoms. The van der Waals surface area contributed by atoms with Crippen LogP contribution in [0, 0.1) is 3.57 Å². The second-order valence-electron chi connectivity index (χ2n) is 5.07. The van der Waals surface area contributed by atoms with Gasteiger partial charge < -0.3 is 9.47 Å². The Balaban J connectivity index is 1.76. The predicted molar refractivity (Wildman–Crippen MR) is 108 cm³/mol. The standard InChI is InChI=1S/C18H15IN2O3S/c1-23-15-8-5-12(9-16(15)24-2)17(22)21-18-20-14(10-25-18)11-3-6-13(19)7-4-11/h3-10H,1-2H3,(H,20,21,22). The Labute approximate surface area is 163 Å². The summed E-state index contributed by atoms with van der Waals surface area (Å²) in [6.45, 7) is 0. The van der Waals surface area contributed by atoms with E-state index in [2.05, 4.69) is 32.9 Å². The number of nitrogens with zero attached hydrogens (tertiary/aromatic N) is 1. The molecule has 0 spiro atoms. The number of methoxy groups -OCH3 is 2. The summed E-state index contributed by atoms with van der Waals surface area (Å²) >= 11 is 3.65. The van der Waals surface area contributed by atoms with E-state index in [4.69, 9.17) is 9.47 Å². The summed E-state index contributed by atoms with van der Waals surface area (Å²) in [4.78, 5) is 16.9. The lowest BCUT2D eigenvalue weighted by Gasteiger charge is -2.09. The first-order valence-electron chi connectivity index (χ1n) is 7.35. The van der Waals surface area contributed by atoms with E-state index in [1.165, 1.54) is 22.0 Å². The molecule has 0 radical (unpaired) electrons. The minimum absolute atomic E-state index is 0.246. The van der Waals surface area contributed by atoms with E-state index in [1.807, 2.05) is 29.6 Å². The molecule has 0 aliphatic heterocycles. The van der Waals surface area contributed by atoms with E-state index in [0.717, 1.165) is 11.3 Å². The van der Waals surface area contributed by atoms with Gasteiger partial charge in [0.25, 0.3) is 5.91 Å². The number of hydrogen-bond acceptors (Lipinski definition) is 5. The highest BCUT2D eigenvalue weighted by Crippen LogP contribution is 2.29. The number of benzene rings is 2. The van der Waals surface area contributed by atoms with Crippen LogP contribution in [0.3, 0.4) is 0 Å². The quantitative estimate of drug-likeness (QED) is 0.555. The third-order valence-corrected chi connectivity index (χ3v) is 4.99. The van der Waals surface area contributed by atoms with Crippen LogP contribution in [-0.4, -0.2) is 25.1 Å². The predicted octanol–water partition coefficient (Wildman–Crippen LogP) is 4.68. The van der Waals surface area contributed by atoms with Gasteiger partial charge >= 0.3 is 0 Å².